The molecule has 0 saturated carbocycles. The number of rotatable bonds is 11. The van der Waals surface area contributed by atoms with E-state index in [9.17, 15) is 8.42 Å². The molecule has 0 unspecified atom stereocenters. The van der Waals surface area contributed by atoms with Gasteiger partial charge in [0.2, 0.25) is 0 Å². The zero-order valence-corrected chi connectivity index (χ0v) is 21.7. The topological polar surface area (TPSA) is 89.5 Å². The SMILES string of the molecule is COOOSCS(=O)(=O)Oc1c(C(C)C)cc(C2OCC(c3ccccc3)CO2)cc1C(C)C. The average Bonchev–Trinajstić information content (AvgIpc) is 2.82. The molecule has 0 atom stereocenters. The summed E-state index contributed by atoms with van der Waals surface area (Å²) in [6, 6.07) is 14.0. The van der Waals surface area contributed by atoms with Crippen molar-refractivity contribution in [3.8, 4) is 5.75 Å². The van der Waals surface area contributed by atoms with Gasteiger partial charge in [-0.05, 0) is 40.7 Å². The van der Waals surface area contributed by atoms with Crippen LogP contribution < -0.4 is 4.18 Å². The van der Waals surface area contributed by atoms with E-state index in [0.29, 0.717) is 31.0 Å². The molecule has 0 N–H and O–H groups in total. The Morgan fingerprint density at radius 1 is 0.971 bits per heavy atom. The van der Waals surface area contributed by atoms with Crippen LogP contribution >= 0.6 is 12.0 Å². The lowest BCUT2D eigenvalue weighted by atomic mass is 9.91. The summed E-state index contributed by atoms with van der Waals surface area (Å²) in [5, 5.41) is 3.77. The van der Waals surface area contributed by atoms with Crippen molar-refractivity contribution in [2.24, 2.45) is 0 Å². The molecule has 0 bridgehead atoms. The summed E-state index contributed by atoms with van der Waals surface area (Å²) in [5.41, 5.74) is 3.55. The summed E-state index contributed by atoms with van der Waals surface area (Å²) < 4.78 is 47.5. The van der Waals surface area contributed by atoms with Gasteiger partial charge in [0.1, 0.15) is 5.75 Å². The smallest absolute Gasteiger partial charge is 0.321 e. The highest BCUT2D eigenvalue weighted by Gasteiger charge is 2.29. The van der Waals surface area contributed by atoms with Crippen LogP contribution in [0.5, 0.6) is 5.75 Å². The van der Waals surface area contributed by atoms with Crippen LogP contribution in [0.1, 0.15) is 74.0 Å². The molecule has 0 radical (unpaired) electrons. The lowest BCUT2D eigenvalue weighted by molar-refractivity contribution is -0.447. The normalized spacial score (nSPS) is 19.0. The van der Waals surface area contributed by atoms with E-state index in [1.54, 1.807) is 0 Å². The van der Waals surface area contributed by atoms with E-state index in [-0.39, 0.29) is 17.8 Å². The Morgan fingerprint density at radius 3 is 2.09 bits per heavy atom. The van der Waals surface area contributed by atoms with Crippen molar-refractivity contribution < 1.29 is 36.3 Å². The van der Waals surface area contributed by atoms with E-state index in [4.69, 9.17) is 13.7 Å². The van der Waals surface area contributed by atoms with Crippen LogP contribution in [0.3, 0.4) is 0 Å². The third kappa shape index (κ3) is 7.17. The monoisotopic (exact) mass is 512 g/mol. The maximum Gasteiger partial charge on any atom is 0.321 e. The van der Waals surface area contributed by atoms with Gasteiger partial charge in [-0.15, -0.1) is 4.33 Å². The minimum atomic E-state index is -3.96. The molecule has 8 nitrogen and oxygen atoms in total. The third-order valence-corrected chi connectivity index (χ3v) is 7.51. The lowest BCUT2D eigenvalue weighted by Crippen LogP contribution is -2.26. The van der Waals surface area contributed by atoms with Gasteiger partial charge >= 0.3 is 10.1 Å². The Hall–Kier alpha value is -1.66. The highest BCUT2D eigenvalue weighted by atomic mass is 32.3. The molecule has 2 aromatic rings. The molecule has 10 heteroatoms. The predicted molar refractivity (Wildman–Crippen MR) is 130 cm³/mol. The largest absolute Gasteiger partial charge is 0.381 e. The second kappa shape index (κ2) is 12.3. The summed E-state index contributed by atoms with van der Waals surface area (Å²) in [4.78, 5) is 4.28. The van der Waals surface area contributed by atoms with Crippen LogP contribution in [0.4, 0.5) is 0 Å². The molecule has 0 spiro atoms. The lowest BCUT2D eigenvalue weighted by Gasteiger charge is -2.31. The Kier molecular flexibility index (Phi) is 9.78. The Bertz CT molecular complexity index is 988. The minimum absolute atomic E-state index is 0.00374. The first kappa shape index (κ1) is 26.9. The van der Waals surface area contributed by atoms with Crippen LogP contribution in [0.15, 0.2) is 42.5 Å². The molecule has 0 amide bonds. The predicted octanol–water partition coefficient (Wildman–Crippen LogP) is 5.59. The second-order valence-corrected chi connectivity index (χ2v) is 11.2. The van der Waals surface area contributed by atoms with Crippen molar-refractivity contribution in [3.63, 3.8) is 0 Å². The van der Waals surface area contributed by atoms with Gasteiger partial charge in [0.25, 0.3) is 0 Å². The molecule has 2 aromatic carbocycles. The zero-order valence-electron chi connectivity index (χ0n) is 20.1. The quantitative estimate of drug-likeness (QED) is 0.126. The van der Waals surface area contributed by atoms with Gasteiger partial charge in [0.05, 0.1) is 32.4 Å². The van der Waals surface area contributed by atoms with Gasteiger partial charge in [-0.2, -0.15) is 8.42 Å². The molecule has 1 fully saturated rings. The van der Waals surface area contributed by atoms with E-state index in [0.717, 1.165) is 16.7 Å². The standard InChI is InChI=1S/C24H32O8S2/c1-16(2)21-11-19(24-28-13-20(14-29-24)18-9-7-6-8-10-18)12-22(17(3)4)23(21)30-34(25,26)15-33-32-31-27-5/h6-12,16-17,20,24H,13-15H2,1-5H3. The van der Waals surface area contributed by atoms with Gasteiger partial charge < -0.3 is 13.7 Å². The van der Waals surface area contributed by atoms with E-state index in [1.165, 1.54) is 12.7 Å². The Morgan fingerprint density at radius 2 is 1.56 bits per heavy atom. The number of hydrogen-bond acceptors (Lipinski definition) is 9. The molecule has 1 heterocycles. The second-order valence-electron chi connectivity index (χ2n) is 8.62. The van der Waals surface area contributed by atoms with Crippen LogP contribution in [0, 0.1) is 0 Å². The molecular weight excluding hydrogens is 480 g/mol. The van der Waals surface area contributed by atoms with E-state index < -0.39 is 21.5 Å². The van der Waals surface area contributed by atoms with Crippen molar-refractivity contribution >= 4 is 22.2 Å². The van der Waals surface area contributed by atoms with Crippen LogP contribution in [-0.2, 0) is 33.9 Å². The molecule has 34 heavy (non-hydrogen) atoms. The van der Waals surface area contributed by atoms with Crippen molar-refractivity contribution in [3.05, 3.63) is 64.7 Å². The van der Waals surface area contributed by atoms with Gasteiger partial charge in [-0.25, -0.2) is 4.89 Å². The summed E-state index contributed by atoms with van der Waals surface area (Å²) in [6.45, 7) is 9.02. The van der Waals surface area contributed by atoms with Crippen LogP contribution in [-0.4, -0.2) is 33.8 Å². The summed E-state index contributed by atoms with van der Waals surface area (Å²) >= 11 is 0.557. The van der Waals surface area contributed by atoms with Gasteiger partial charge in [-0.3, -0.25) is 0 Å². The third-order valence-electron chi connectivity index (χ3n) is 5.40. The highest BCUT2D eigenvalue weighted by molar-refractivity contribution is 8.08. The molecule has 188 valence electrons. The fourth-order valence-electron chi connectivity index (χ4n) is 3.68. The molecule has 1 aliphatic rings. The molecule has 1 saturated heterocycles. The van der Waals surface area contributed by atoms with Crippen molar-refractivity contribution in [1.29, 1.82) is 0 Å². The van der Waals surface area contributed by atoms with Crippen LogP contribution in [0.2, 0.25) is 0 Å². The van der Waals surface area contributed by atoms with E-state index in [1.807, 2.05) is 58.0 Å². The Balaban J connectivity index is 1.83. The van der Waals surface area contributed by atoms with E-state index >= 15 is 0 Å². The molecule has 0 aromatic heterocycles. The maximum absolute atomic E-state index is 12.6. The van der Waals surface area contributed by atoms with Gasteiger partial charge in [-0.1, -0.05) is 63.1 Å². The van der Waals surface area contributed by atoms with Gasteiger partial charge in [0, 0.05) is 11.5 Å². The number of ether oxygens (including phenoxy) is 2. The zero-order chi connectivity index (χ0) is 24.7. The highest BCUT2D eigenvalue weighted by Crippen LogP contribution is 2.40. The van der Waals surface area contributed by atoms with Crippen molar-refractivity contribution in [2.45, 2.75) is 51.7 Å². The van der Waals surface area contributed by atoms with Crippen LogP contribution in [0.25, 0.3) is 0 Å². The van der Waals surface area contributed by atoms with Gasteiger partial charge in [0.15, 0.2) is 11.4 Å². The number of benzene rings is 2. The van der Waals surface area contributed by atoms with E-state index in [2.05, 4.69) is 26.4 Å². The first-order valence-corrected chi connectivity index (χ1v) is 13.6. The summed E-state index contributed by atoms with van der Waals surface area (Å²) in [5.74, 6) is 0.509. The molecule has 3 rings (SSSR count). The first-order chi connectivity index (χ1) is 16.2. The maximum atomic E-state index is 12.6. The molecular formula is C24H32O8S2. The summed E-state index contributed by atoms with van der Waals surface area (Å²) in [6.07, 6.45) is -0.532. The minimum Gasteiger partial charge on any atom is -0.381 e. The van der Waals surface area contributed by atoms with Crippen molar-refractivity contribution in [2.75, 3.05) is 25.4 Å². The first-order valence-electron chi connectivity index (χ1n) is 11.1. The fourth-order valence-corrected chi connectivity index (χ4v) is 5.04. The fraction of sp³-hybridized carbons (Fsp3) is 0.500. The summed E-state index contributed by atoms with van der Waals surface area (Å²) in [7, 11) is -2.71. The Labute approximate surface area is 206 Å². The van der Waals surface area contributed by atoms with Crippen molar-refractivity contribution in [1.82, 2.24) is 0 Å². The molecule has 1 aliphatic heterocycles. The average molecular weight is 513 g/mol. The number of hydrogen-bond donors (Lipinski definition) is 0. The molecule has 0 aliphatic carbocycles.